The Morgan fingerprint density at radius 1 is 0.737 bits per heavy atom. The van der Waals surface area contributed by atoms with Gasteiger partial charge < -0.3 is 14.2 Å². The van der Waals surface area contributed by atoms with Gasteiger partial charge in [0.25, 0.3) is 5.60 Å². The Hall–Kier alpha value is -2.23. The van der Waals surface area contributed by atoms with E-state index in [9.17, 15) is 57.5 Å². The Kier molecular flexibility index (Phi) is 10.2. The summed E-state index contributed by atoms with van der Waals surface area (Å²) >= 11 is 0. The third-order valence-corrected chi connectivity index (χ3v) is 5.67. The van der Waals surface area contributed by atoms with Crippen molar-refractivity contribution in [1.29, 1.82) is 0 Å². The van der Waals surface area contributed by atoms with Crippen LogP contribution in [-0.2, 0) is 30.2 Å². The lowest BCUT2D eigenvalue weighted by Crippen LogP contribution is -2.58. The van der Waals surface area contributed by atoms with Crippen LogP contribution >= 0.6 is 0 Å². The quantitative estimate of drug-likeness (QED) is 0.123. The van der Waals surface area contributed by atoms with E-state index in [1.807, 2.05) is 0 Å². The van der Waals surface area contributed by atoms with Crippen LogP contribution in [0.25, 0.3) is 0 Å². The standard InChI is InChI=1S/C22H24F12O4/c1-5-12(4)13-8-14(17(19(23,24)25,20(26,27)28)37-11-36-7-3)10-15(9-13)18(21(29,30)31,22(32,33)34)38-16(35)6-2/h8-10,12H,5-7,11H2,1-4H3. The van der Waals surface area contributed by atoms with Crippen LogP contribution in [0.2, 0.25) is 0 Å². The summed E-state index contributed by atoms with van der Waals surface area (Å²) in [6, 6.07) is -0.339. The van der Waals surface area contributed by atoms with Crippen molar-refractivity contribution in [2.75, 3.05) is 13.4 Å². The van der Waals surface area contributed by atoms with Crippen LogP contribution in [0.1, 0.15) is 63.1 Å². The topological polar surface area (TPSA) is 44.8 Å². The molecule has 0 spiro atoms. The van der Waals surface area contributed by atoms with Gasteiger partial charge in [0.05, 0.1) is 0 Å². The van der Waals surface area contributed by atoms with E-state index in [-0.39, 0.29) is 18.6 Å². The molecule has 1 unspecified atom stereocenters. The summed E-state index contributed by atoms with van der Waals surface area (Å²) in [6.07, 6.45) is -27.2. The molecule has 0 amide bonds. The summed E-state index contributed by atoms with van der Waals surface area (Å²) < 4.78 is 182. The Morgan fingerprint density at radius 2 is 1.16 bits per heavy atom. The van der Waals surface area contributed by atoms with Crippen molar-refractivity contribution in [3.63, 3.8) is 0 Å². The van der Waals surface area contributed by atoms with E-state index in [4.69, 9.17) is 0 Å². The van der Waals surface area contributed by atoms with E-state index in [0.717, 1.165) is 13.8 Å². The van der Waals surface area contributed by atoms with Crippen LogP contribution in [0.15, 0.2) is 18.2 Å². The highest BCUT2D eigenvalue weighted by Gasteiger charge is 2.77. The van der Waals surface area contributed by atoms with Crippen molar-refractivity contribution >= 4 is 5.97 Å². The van der Waals surface area contributed by atoms with Crippen LogP contribution < -0.4 is 0 Å². The molecule has 0 saturated carbocycles. The molecule has 38 heavy (non-hydrogen) atoms. The number of esters is 1. The molecule has 0 N–H and O–H groups in total. The zero-order valence-corrected chi connectivity index (χ0v) is 20.3. The van der Waals surface area contributed by atoms with E-state index in [1.165, 1.54) is 13.8 Å². The highest BCUT2D eigenvalue weighted by molar-refractivity contribution is 5.70. The summed E-state index contributed by atoms with van der Waals surface area (Å²) in [7, 11) is 0. The van der Waals surface area contributed by atoms with E-state index in [0.29, 0.717) is 0 Å². The average molecular weight is 580 g/mol. The first kappa shape index (κ1) is 33.8. The minimum Gasteiger partial charge on any atom is -0.434 e. The molecule has 1 aromatic carbocycles. The smallest absolute Gasteiger partial charge is 0.434 e. The number of carbonyl (C=O) groups is 1. The number of alkyl halides is 12. The maximum absolute atomic E-state index is 14.1. The van der Waals surface area contributed by atoms with E-state index < -0.39 is 90.4 Å². The van der Waals surface area contributed by atoms with Crippen LogP contribution in [0.4, 0.5) is 52.7 Å². The number of rotatable bonds is 10. The van der Waals surface area contributed by atoms with E-state index in [2.05, 4.69) is 14.2 Å². The van der Waals surface area contributed by atoms with Gasteiger partial charge in [0.2, 0.25) is 0 Å². The lowest BCUT2D eigenvalue weighted by atomic mass is 9.81. The molecule has 0 radical (unpaired) electrons. The molecule has 0 fully saturated rings. The Labute approximate surface area is 209 Å². The van der Waals surface area contributed by atoms with Crippen molar-refractivity contribution in [3.8, 4) is 0 Å². The van der Waals surface area contributed by atoms with E-state index in [1.54, 1.807) is 0 Å². The highest BCUT2D eigenvalue weighted by Crippen LogP contribution is 2.57. The van der Waals surface area contributed by atoms with Crippen molar-refractivity contribution in [2.45, 2.75) is 82.4 Å². The first-order valence-electron chi connectivity index (χ1n) is 10.9. The molecule has 220 valence electrons. The normalized spacial score (nSPS) is 14.9. The molecule has 0 aromatic heterocycles. The predicted octanol–water partition coefficient (Wildman–Crippen LogP) is 7.80. The van der Waals surface area contributed by atoms with Gasteiger partial charge in [-0.15, -0.1) is 0 Å². The van der Waals surface area contributed by atoms with Crippen molar-refractivity contribution in [3.05, 3.63) is 34.9 Å². The molecule has 0 heterocycles. The van der Waals surface area contributed by atoms with Gasteiger partial charge in [-0.1, -0.05) is 32.9 Å². The average Bonchev–Trinajstić information content (AvgIpc) is 2.75. The van der Waals surface area contributed by atoms with Crippen molar-refractivity contribution in [1.82, 2.24) is 0 Å². The number of benzene rings is 1. The second kappa shape index (κ2) is 11.5. The summed E-state index contributed by atoms with van der Waals surface area (Å²) in [4.78, 5) is 11.7. The first-order chi connectivity index (χ1) is 17.1. The van der Waals surface area contributed by atoms with Crippen LogP contribution in [0.3, 0.4) is 0 Å². The molecule has 16 heteroatoms. The highest BCUT2D eigenvalue weighted by atomic mass is 19.4. The number of hydrogen-bond donors (Lipinski definition) is 0. The zero-order chi connectivity index (χ0) is 30.0. The Bertz CT molecular complexity index is 920. The molecule has 0 aliphatic rings. The summed E-state index contributed by atoms with van der Waals surface area (Å²) in [5, 5.41) is 0. The molecule has 0 aliphatic carbocycles. The second-order valence-electron chi connectivity index (χ2n) is 8.09. The molecule has 1 atom stereocenters. The Morgan fingerprint density at radius 3 is 1.50 bits per heavy atom. The minimum atomic E-state index is -6.56. The number of halogens is 12. The monoisotopic (exact) mass is 580 g/mol. The lowest BCUT2D eigenvalue weighted by Gasteiger charge is -2.40. The number of hydrogen-bond acceptors (Lipinski definition) is 4. The van der Waals surface area contributed by atoms with Gasteiger partial charge in [0.15, 0.2) is 0 Å². The minimum absolute atomic E-state index is 0.113. The maximum Gasteiger partial charge on any atom is 0.442 e. The van der Waals surface area contributed by atoms with Gasteiger partial charge in [-0.3, -0.25) is 4.79 Å². The maximum atomic E-state index is 14.1. The lowest BCUT2D eigenvalue weighted by molar-refractivity contribution is -0.401. The molecule has 0 saturated heterocycles. The van der Waals surface area contributed by atoms with Crippen LogP contribution in [0.5, 0.6) is 0 Å². The second-order valence-corrected chi connectivity index (χ2v) is 8.09. The SMILES string of the molecule is CCOCOC(c1cc(C(C)CC)cc(C(OC(=O)CC)(C(F)(F)F)C(F)(F)F)c1)(C(F)(F)F)C(F)(F)F. The van der Waals surface area contributed by atoms with Gasteiger partial charge in [-0.2, -0.15) is 52.7 Å². The summed E-state index contributed by atoms with van der Waals surface area (Å²) in [5.41, 5.74) is -16.1. The molecule has 1 rings (SSSR count). The third-order valence-electron chi connectivity index (χ3n) is 5.67. The number of carbonyl (C=O) groups excluding carboxylic acids is 1. The van der Waals surface area contributed by atoms with Gasteiger partial charge in [0, 0.05) is 24.2 Å². The zero-order valence-electron chi connectivity index (χ0n) is 20.3. The number of ether oxygens (including phenoxy) is 3. The van der Waals surface area contributed by atoms with Gasteiger partial charge in [-0.05, 0) is 30.9 Å². The molecular weight excluding hydrogens is 556 g/mol. The third kappa shape index (κ3) is 6.15. The van der Waals surface area contributed by atoms with Crippen LogP contribution in [-0.4, -0.2) is 44.1 Å². The first-order valence-corrected chi connectivity index (χ1v) is 10.9. The fraction of sp³-hybridized carbons (Fsp3) is 0.682. The summed E-state index contributed by atoms with van der Waals surface area (Å²) in [5.74, 6) is -3.21. The van der Waals surface area contributed by atoms with E-state index >= 15 is 0 Å². The fourth-order valence-electron chi connectivity index (χ4n) is 3.43. The molecule has 0 aliphatic heterocycles. The van der Waals surface area contributed by atoms with Gasteiger partial charge >= 0.3 is 36.3 Å². The van der Waals surface area contributed by atoms with Crippen molar-refractivity contribution < 1.29 is 71.7 Å². The largest absolute Gasteiger partial charge is 0.442 e. The summed E-state index contributed by atoms with van der Waals surface area (Å²) in [6.45, 7) is 2.38. The van der Waals surface area contributed by atoms with Gasteiger partial charge in [0.1, 0.15) is 6.79 Å². The van der Waals surface area contributed by atoms with Crippen molar-refractivity contribution in [2.24, 2.45) is 0 Å². The predicted molar refractivity (Wildman–Crippen MR) is 107 cm³/mol. The van der Waals surface area contributed by atoms with Crippen LogP contribution in [0, 0.1) is 0 Å². The molecular formula is C22H24F12O4. The Balaban J connectivity index is 4.40. The molecule has 4 nitrogen and oxygen atoms in total. The fourth-order valence-corrected chi connectivity index (χ4v) is 3.43. The molecule has 1 aromatic rings. The van der Waals surface area contributed by atoms with Gasteiger partial charge in [-0.25, -0.2) is 0 Å². The molecule has 0 bridgehead atoms.